The van der Waals surface area contributed by atoms with E-state index in [4.69, 9.17) is 14.2 Å². The molecule has 1 aliphatic rings. The van der Waals surface area contributed by atoms with Crippen LogP contribution in [0.2, 0.25) is 0 Å². The molecule has 2 aromatic rings. The molecule has 0 aromatic heterocycles. The fraction of sp³-hybridized carbons (Fsp3) is 0.250. The number of fused-ring (bicyclic) bond motifs is 1. The standard InChI is InChI=1S/C20H21NO4/c1-14-7-9-17(23-2)15(11-14)8-10-20(22)21-12-16-13-24-18-5-3-4-6-19(18)25-16/h3-11,16H,12-13H2,1-2H3,(H,21,22)/b10-8+. The fourth-order valence-corrected chi connectivity index (χ4v) is 2.59. The minimum Gasteiger partial charge on any atom is -0.496 e. The van der Waals surface area contributed by atoms with Crippen LogP contribution in [-0.4, -0.2) is 32.3 Å². The van der Waals surface area contributed by atoms with E-state index in [1.54, 1.807) is 13.2 Å². The van der Waals surface area contributed by atoms with Gasteiger partial charge in [0.15, 0.2) is 11.5 Å². The maximum atomic E-state index is 12.1. The van der Waals surface area contributed by atoms with Gasteiger partial charge in [-0.1, -0.05) is 23.8 Å². The summed E-state index contributed by atoms with van der Waals surface area (Å²) in [4.78, 5) is 12.1. The van der Waals surface area contributed by atoms with Crippen molar-refractivity contribution in [3.8, 4) is 17.2 Å². The zero-order valence-corrected chi connectivity index (χ0v) is 14.3. The number of para-hydroxylation sites is 2. The molecule has 5 nitrogen and oxygen atoms in total. The van der Waals surface area contributed by atoms with E-state index in [0.717, 1.165) is 22.6 Å². The first-order valence-electron chi connectivity index (χ1n) is 8.15. The smallest absolute Gasteiger partial charge is 0.244 e. The molecule has 130 valence electrons. The molecule has 0 aliphatic carbocycles. The number of nitrogens with one attached hydrogen (secondary N) is 1. The first kappa shape index (κ1) is 16.9. The van der Waals surface area contributed by atoms with Gasteiger partial charge < -0.3 is 19.5 Å². The topological polar surface area (TPSA) is 56.8 Å². The second kappa shape index (κ2) is 7.75. The Balaban J connectivity index is 1.54. The van der Waals surface area contributed by atoms with Gasteiger partial charge in [0.25, 0.3) is 0 Å². The van der Waals surface area contributed by atoms with Crippen LogP contribution >= 0.6 is 0 Å². The van der Waals surface area contributed by atoms with E-state index in [1.807, 2.05) is 49.4 Å². The maximum absolute atomic E-state index is 12.1. The fourth-order valence-electron chi connectivity index (χ4n) is 2.59. The van der Waals surface area contributed by atoms with E-state index >= 15 is 0 Å². The normalized spacial score (nSPS) is 15.8. The Hall–Kier alpha value is -2.95. The van der Waals surface area contributed by atoms with E-state index < -0.39 is 0 Å². The van der Waals surface area contributed by atoms with Crippen molar-refractivity contribution in [2.75, 3.05) is 20.3 Å². The molecule has 0 fully saturated rings. The van der Waals surface area contributed by atoms with Gasteiger partial charge in [-0.2, -0.15) is 0 Å². The number of benzene rings is 2. The molecule has 3 rings (SSSR count). The molecule has 25 heavy (non-hydrogen) atoms. The summed E-state index contributed by atoms with van der Waals surface area (Å²) in [5.41, 5.74) is 1.97. The van der Waals surface area contributed by atoms with Crippen molar-refractivity contribution in [1.29, 1.82) is 0 Å². The van der Waals surface area contributed by atoms with Crippen molar-refractivity contribution in [2.45, 2.75) is 13.0 Å². The molecule has 1 amide bonds. The lowest BCUT2D eigenvalue weighted by Gasteiger charge is -2.26. The van der Waals surface area contributed by atoms with Gasteiger partial charge in [0.05, 0.1) is 13.7 Å². The van der Waals surface area contributed by atoms with Crippen LogP contribution in [0.4, 0.5) is 0 Å². The van der Waals surface area contributed by atoms with E-state index in [0.29, 0.717) is 18.9 Å². The molecule has 0 saturated heterocycles. The van der Waals surface area contributed by atoms with Crippen LogP contribution < -0.4 is 19.5 Å². The summed E-state index contributed by atoms with van der Waals surface area (Å²) >= 11 is 0. The Morgan fingerprint density at radius 2 is 2.08 bits per heavy atom. The summed E-state index contributed by atoms with van der Waals surface area (Å²) < 4.78 is 16.7. The van der Waals surface area contributed by atoms with Crippen molar-refractivity contribution < 1.29 is 19.0 Å². The summed E-state index contributed by atoms with van der Waals surface area (Å²) in [6, 6.07) is 13.3. The Labute approximate surface area is 147 Å². The summed E-state index contributed by atoms with van der Waals surface area (Å²) in [6.45, 7) is 2.78. The maximum Gasteiger partial charge on any atom is 0.244 e. The van der Waals surface area contributed by atoms with Crippen molar-refractivity contribution in [3.05, 3.63) is 59.7 Å². The van der Waals surface area contributed by atoms with Crippen LogP contribution in [-0.2, 0) is 4.79 Å². The van der Waals surface area contributed by atoms with Crippen molar-refractivity contribution in [2.24, 2.45) is 0 Å². The first-order chi connectivity index (χ1) is 12.2. The average Bonchev–Trinajstić information content (AvgIpc) is 2.64. The number of hydrogen-bond donors (Lipinski definition) is 1. The van der Waals surface area contributed by atoms with E-state index in [-0.39, 0.29) is 12.0 Å². The lowest BCUT2D eigenvalue weighted by atomic mass is 10.1. The molecule has 1 unspecified atom stereocenters. The minimum absolute atomic E-state index is 0.189. The number of carbonyl (C=O) groups is 1. The zero-order valence-electron chi connectivity index (χ0n) is 14.3. The molecule has 0 radical (unpaired) electrons. The highest BCUT2D eigenvalue weighted by Gasteiger charge is 2.20. The number of methoxy groups -OCH3 is 1. The molecule has 0 bridgehead atoms. The highest BCUT2D eigenvalue weighted by molar-refractivity contribution is 5.92. The van der Waals surface area contributed by atoms with Crippen LogP contribution in [0, 0.1) is 6.92 Å². The number of aryl methyl sites for hydroxylation is 1. The second-order valence-electron chi connectivity index (χ2n) is 5.82. The van der Waals surface area contributed by atoms with Crippen LogP contribution in [0.15, 0.2) is 48.5 Å². The Morgan fingerprint density at radius 3 is 2.88 bits per heavy atom. The molecule has 2 aromatic carbocycles. The quantitative estimate of drug-likeness (QED) is 0.851. The summed E-state index contributed by atoms with van der Waals surface area (Å²) in [5, 5.41) is 2.83. The van der Waals surface area contributed by atoms with Crippen molar-refractivity contribution in [1.82, 2.24) is 5.32 Å². The lowest BCUT2D eigenvalue weighted by molar-refractivity contribution is -0.116. The highest BCUT2D eigenvalue weighted by atomic mass is 16.6. The number of ether oxygens (including phenoxy) is 3. The molecular weight excluding hydrogens is 318 g/mol. The Bertz CT molecular complexity index is 785. The average molecular weight is 339 g/mol. The van der Waals surface area contributed by atoms with Gasteiger partial charge in [0.2, 0.25) is 5.91 Å². The summed E-state index contributed by atoms with van der Waals surface area (Å²) in [7, 11) is 1.61. The van der Waals surface area contributed by atoms with Crippen LogP contribution in [0.3, 0.4) is 0 Å². The van der Waals surface area contributed by atoms with E-state index in [2.05, 4.69) is 5.32 Å². The third-order valence-electron chi connectivity index (χ3n) is 3.87. The van der Waals surface area contributed by atoms with Crippen LogP contribution in [0.25, 0.3) is 6.08 Å². The van der Waals surface area contributed by atoms with E-state index in [9.17, 15) is 4.79 Å². The molecular formula is C20H21NO4. The van der Waals surface area contributed by atoms with Crippen molar-refractivity contribution in [3.63, 3.8) is 0 Å². The second-order valence-corrected chi connectivity index (χ2v) is 5.82. The Kier molecular flexibility index (Phi) is 5.23. The van der Waals surface area contributed by atoms with Crippen LogP contribution in [0.1, 0.15) is 11.1 Å². The van der Waals surface area contributed by atoms with Gasteiger partial charge in [0, 0.05) is 11.6 Å². The SMILES string of the molecule is COc1ccc(C)cc1/C=C/C(=O)NCC1COc2ccccc2O1. The zero-order chi connectivity index (χ0) is 17.6. The third kappa shape index (κ3) is 4.32. The van der Waals surface area contributed by atoms with Gasteiger partial charge in [-0.05, 0) is 37.3 Å². The van der Waals surface area contributed by atoms with Crippen molar-refractivity contribution >= 4 is 12.0 Å². The molecule has 5 heteroatoms. The molecule has 1 N–H and O–H groups in total. The molecule has 0 spiro atoms. The monoisotopic (exact) mass is 339 g/mol. The minimum atomic E-state index is -0.208. The number of hydrogen-bond acceptors (Lipinski definition) is 4. The van der Waals surface area contributed by atoms with Gasteiger partial charge >= 0.3 is 0 Å². The molecule has 1 heterocycles. The first-order valence-corrected chi connectivity index (χ1v) is 8.15. The summed E-state index contributed by atoms with van der Waals surface area (Å²) in [6.07, 6.45) is 3.03. The number of amides is 1. The molecule has 1 aliphatic heterocycles. The van der Waals surface area contributed by atoms with Crippen LogP contribution in [0.5, 0.6) is 17.2 Å². The number of carbonyl (C=O) groups excluding carboxylic acids is 1. The predicted molar refractivity (Wildman–Crippen MR) is 96.1 cm³/mol. The van der Waals surface area contributed by atoms with E-state index in [1.165, 1.54) is 6.08 Å². The highest BCUT2D eigenvalue weighted by Crippen LogP contribution is 2.30. The number of rotatable bonds is 5. The third-order valence-corrected chi connectivity index (χ3v) is 3.87. The summed E-state index contributed by atoms with van der Waals surface area (Å²) in [5.74, 6) is 1.98. The molecule has 1 atom stereocenters. The predicted octanol–water partition coefficient (Wildman–Crippen LogP) is 2.97. The Morgan fingerprint density at radius 1 is 1.28 bits per heavy atom. The van der Waals surface area contributed by atoms with Gasteiger partial charge in [0.1, 0.15) is 18.5 Å². The lowest BCUT2D eigenvalue weighted by Crippen LogP contribution is -2.40. The van der Waals surface area contributed by atoms with Gasteiger partial charge in [-0.25, -0.2) is 0 Å². The largest absolute Gasteiger partial charge is 0.496 e. The van der Waals surface area contributed by atoms with Gasteiger partial charge in [-0.3, -0.25) is 4.79 Å². The molecule has 0 saturated carbocycles. The van der Waals surface area contributed by atoms with Gasteiger partial charge in [-0.15, -0.1) is 0 Å².